The molecule has 0 bridgehead atoms. The molecule has 2 heterocycles. The maximum Gasteiger partial charge on any atom is 0.261 e. The van der Waals surface area contributed by atoms with Crippen LogP contribution < -0.4 is 5.32 Å². The lowest BCUT2D eigenvalue weighted by Crippen LogP contribution is -2.27. The highest BCUT2D eigenvalue weighted by molar-refractivity contribution is 7.17. The van der Waals surface area contributed by atoms with E-state index in [4.69, 9.17) is 16.0 Å². The quantitative estimate of drug-likeness (QED) is 0.898. The van der Waals surface area contributed by atoms with Gasteiger partial charge in [-0.15, -0.1) is 11.3 Å². The minimum atomic E-state index is -0.770. The number of hydrogen-bond donors (Lipinski definition) is 2. The Morgan fingerprint density at radius 1 is 1.53 bits per heavy atom. The molecule has 2 rings (SSSR count). The van der Waals surface area contributed by atoms with Crippen molar-refractivity contribution in [3.63, 3.8) is 0 Å². The summed E-state index contributed by atoms with van der Waals surface area (Å²) in [6.07, 6.45) is 2.14. The number of carbonyl (C=O) groups is 1. The standard InChI is InChI=1S/C11H10ClNO3S/c12-10-2-1-9(17-10)11(15)13-5-8(14)7-3-4-16-6-7/h1-4,6,8,14H,5H2,(H,13,15)/t8-/m0/s1. The van der Waals surface area contributed by atoms with Crippen LogP contribution >= 0.6 is 22.9 Å². The number of nitrogens with one attached hydrogen (secondary N) is 1. The molecule has 2 aromatic heterocycles. The van der Waals surface area contributed by atoms with Crippen molar-refractivity contribution >= 4 is 28.8 Å². The molecule has 17 heavy (non-hydrogen) atoms. The lowest BCUT2D eigenvalue weighted by atomic mass is 10.2. The van der Waals surface area contributed by atoms with Crippen molar-refractivity contribution in [2.45, 2.75) is 6.10 Å². The fraction of sp³-hybridized carbons (Fsp3) is 0.182. The molecular weight excluding hydrogens is 262 g/mol. The van der Waals surface area contributed by atoms with Crippen LogP contribution in [0.15, 0.2) is 35.1 Å². The second kappa shape index (κ2) is 5.35. The van der Waals surface area contributed by atoms with E-state index in [-0.39, 0.29) is 12.5 Å². The molecule has 0 aliphatic rings. The van der Waals surface area contributed by atoms with Crippen molar-refractivity contribution in [3.8, 4) is 0 Å². The second-order valence-electron chi connectivity index (χ2n) is 3.39. The van der Waals surface area contributed by atoms with Crippen molar-refractivity contribution in [2.24, 2.45) is 0 Å². The molecule has 1 atom stereocenters. The summed E-state index contributed by atoms with van der Waals surface area (Å²) in [6.45, 7) is 0.133. The number of hydrogen-bond acceptors (Lipinski definition) is 4. The molecule has 0 aromatic carbocycles. The molecule has 0 radical (unpaired) electrons. The number of furan rings is 1. The van der Waals surface area contributed by atoms with Gasteiger partial charge in [0.05, 0.1) is 27.8 Å². The molecule has 0 saturated carbocycles. The molecular formula is C11H10ClNO3S. The van der Waals surface area contributed by atoms with Gasteiger partial charge in [-0.2, -0.15) is 0 Å². The van der Waals surface area contributed by atoms with Gasteiger partial charge in [-0.05, 0) is 18.2 Å². The van der Waals surface area contributed by atoms with Crippen molar-refractivity contribution in [3.05, 3.63) is 45.5 Å². The fourth-order valence-corrected chi connectivity index (χ4v) is 2.25. The Balaban J connectivity index is 1.88. The first kappa shape index (κ1) is 12.2. The third kappa shape index (κ3) is 3.09. The fourth-order valence-electron chi connectivity index (χ4n) is 1.30. The Morgan fingerprint density at radius 2 is 2.35 bits per heavy atom. The summed E-state index contributed by atoms with van der Waals surface area (Å²) in [5.41, 5.74) is 0.634. The summed E-state index contributed by atoms with van der Waals surface area (Å²) in [5.74, 6) is -0.246. The lowest BCUT2D eigenvalue weighted by Gasteiger charge is -2.08. The van der Waals surface area contributed by atoms with E-state index in [1.165, 1.54) is 23.9 Å². The molecule has 90 valence electrons. The molecule has 4 nitrogen and oxygen atoms in total. The van der Waals surface area contributed by atoms with E-state index in [0.717, 1.165) is 0 Å². The molecule has 0 unspecified atom stereocenters. The van der Waals surface area contributed by atoms with E-state index in [9.17, 15) is 9.90 Å². The first-order valence-corrected chi connectivity index (χ1v) is 6.10. The van der Waals surface area contributed by atoms with Crippen LogP contribution in [0.1, 0.15) is 21.3 Å². The number of halogens is 1. The van der Waals surface area contributed by atoms with Gasteiger partial charge in [-0.3, -0.25) is 4.79 Å². The molecule has 2 aromatic rings. The molecule has 0 spiro atoms. The average Bonchev–Trinajstić information content (AvgIpc) is 2.95. The van der Waals surface area contributed by atoms with Crippen LogP contribution in [0.2, 0.25) is 4.34 Å². The molecule has 2 N–H and O–H groups in total. The van der Waals surface area contributed by atoms with Gasteiger partial charge in [-0.1, -0.05) is 11.6 Å². The number of rotatable bonds is 4. The van der Waals surface area contributed by atoms with Crippen LogP contribution in [0, 0.1) is 0 Å². The van der Waals surface area contributed by atoms with Gasteiger partial charge < -0.3 is 14.8 Å². The van der Waals surface area contributed by atoms with E-state index >= 15 is 0 Å². The number of amides is 1. The maximum absolute atomic E-state index is 11.6. The van der Waals surface area contributed by atoms with Gasteiger partial charge in [-0.25, -0.2) is 0 Å². The third-order valence-electron chi connectivity index (χ3n) is 2.18. The number of aliphatic hydroxyl groups excluding tert-OH is 1. The highest BCUT2D eigenvalue weighted by Crippen LogP contribution is 2.21. The largest absolute Gasteiger partial charge is 0.472 e. The van der Waals surface area contributed by atoms with Crippen LogP contribution in [-0.2, 0) is 0 Å². The summed E-state index contributed by atoms with van der Waals surface area (Å²) in [4.78, 5) is 12.2. The van der Waals surface area contributed by atoms with E-state index in [0.29, 0.717) is 14.8 Å². The smallest absolute Gasteiger partial charge is 0.261 e. The average molecular weight is 272 g/mol. The predicted molar refractivity (Wildman–Crippen MR) is 65.3 cm³/mol. The van der Waals surface area contributed by atoms with E-state index < -0.39 is 6.10 Å². The molecule has 0 fully saturated rings. The van der Waals surface area contributed by atoms with Gasteiger partial charge >= 0.3 is 0 Å². The van der Waals surface area contributed by atoms with Crippen LogP contribution in [0.25, 0.3) is 0 Å². The van der Waals surface area contributed by atoms with Crippen molar-refractivity contribution < 1.29 is 14.3 Å². The minimum Gasteiger partial charge on any atom is -0.472 e. The zero-order chi connectivity index (χ0) is 12.3. The normalized spacial score (nSPS) is 12.4. The van der Waals surface area contributed by atoms with Crippen LogP contribution in [-0.4, -0.2) is 17.6 Å². The van der Waals surface area contributed by atoms with Crippen molar-refractivity contribution in [2.75, 3.05) is 6.54 Å². The second-order valence-corrected chi connectivity index (χ2v) is 5.10. The minimum absolute atomic E-state index is 0.133. The SMILES string of the molecule is O=C(NC[C@H](O)c1ccoc1)c1ccc(Cl)s1. The number of thiophene rings is 1. The first-order chi connectivity index (χ1) is 8.16. The van der Waals surface area contributed by atoms with Gasteiger partial charge in [0.2, 0.25) is 0 Å². The molecule has 0 aliphatic heterocycles. The molecule has 0 aliphatic carbocycles. The van der Waals surface area contributed by atoms with Crippen LogP contribution in [0.3, 0.4) is 0 Å². The number of carbonyl (C=O) groups excluding carboxylic acids is 1. The molecule has 6 heteroatoms. The Labute approximate surface area is 107 Å². The Hall–Kier alpha value is -1.30. The summed E-state index contributed by atoms with van der Waals surface area (Å²) in [5, 5.41) is 12.3. The van der Waals surface area contributed by atoms with Gasteiger partial charge in [0.25, 0.3) is 5.91 Å². The van der Waals surface area contributed by atoms with Crippen LogP contribution in [0.5, 0.6) is 0 Å². The van der Waals surface area contributed by atoms with Gasteiger partial charge in [0, 0.05) is 12.1 Å². The number of aliphatic hydroxyl groups is 1. The third-order valence-corrected chi connectivity index (χ3v) is 3.41. The highest BCUT2D eigenvalue weighted by Gasteiger charge is 2.12. The van der Waals surface area contributed by atoms with E-state index in [1.54, 1.807) is 18.2 Å². The Bertz CT molecular complexity index is 495. The summed E-state index contributed by atoms with van der Waals surface area (Å²) in [6, 6.07) is 4.96. The van der Waals surface area contributed by atoms with Crippen LogP contribution in [0.4, 0.5) is 0 Å². The van der Waals surface area contributed by atoms with E-state index in [1.807, 2.05) is 0 Å². The predicted octanol–water partition coefficient (Wildman–Crippen LogP) is 2.46. The maximum atomic E-state index is 11.6. The summed E-state index contributed by atoms with van der Waals surface area (Å²) >= 11 is 6.92. The monoisotopic (exact) mass is 271 g/mol. The Morgan fingerprint density at radius 3 is 2.94 bits per heavy atom. The zero-order valence-corrected chi connectivity index (χ0v) is 10.3. The summed E-state index contributed by atoms with van der Waals surface area (Å²) < 4.78 is 5.40. The first-order valence-electron chi connectivity index (χ1n) is 4.90. The van der Waals surface area contributed by atoms with Crippen molar-refractivity contribution in [1.29, 1.82) is 0 Å². The highest BCUT2D eigenvalue weighted by atomic mass is 35.5. The molecule has 1 amide bonds. The Kier molecular flexibility index (Phi) is 3.83. The topological polar surface area (TPSA) is 62.5 Å². The zero-order valence-electron chi connectivity index (χ0n) is 8.72. The van der Waals surface area contributed by atoms with Gasteiger partial charge in [0.15, 0.2) is 0 Å². The van der Waals surface area contributed by atoms with Crippen molar-refractivity contribution in [1.82, 2.24) is 5.32 Å². The molecule has 0 saturated heterocycles. The van der Waals surface area contributed by atoms with Gasteiger partial charge in [0.1, 0.15) is 0 Å². The van der Waals surface area contributed by atoms with E-state index in [2.05, 4.69) is 5.32 Å². The lowest BCUT2D eigenvalue weighted by molar-refractivity contribution is 0.0920. The summed E-state index contributed by atoms with van der Waals surface area (Å²) in [7, 11) is 0.